The first-order valence-corrected chi connectivity index (χ1v) is 14.8. The van der Waals surface area contributed by atoms with E-state index in [0.717, 1.165) is 38.2 Å². The van der Waals surface area contributed by atoms with Crippen molar-refractivity contribution in [2.45, 2.75) is 18.9 Å². The third-order valence-corrected chi connectivity index (χ3v) is 8.75. The first-order valence-electron chi connectivity index (χ1n) is 14.8. The van der Waals surface area contributed by atoms with Crippen LogP contribution in [0.25, 0.3) is 0 Å². The van der Waals surface area contributed by atoms with Crippen LogP contribution in [-0.2, 0) is 4.79 Å². The Hall–Kier alpha value is -4.53. The van der Waals surface area contributed by atoms with Crippen molar-refractivity contribution in [2.24, 2.45) is 5.92 Å². The summed E-state index contributed by atoms with van der Waals surface area (Å²) in [6, 6.07) is 23.1. The molecule has 9 nitrogen and oxygen atoms in total. The molecule has 0 aromatic heterocycles. The average Bonchev–Trinajstić information content (AvgIpc) is 3.29. The molecule has 0 saturated carbocycles. The fourth-order valence-electron chi connectivity index (χ4n) is 6.58. The lowest BCUT2D eigenvalue weighted by molar-refractivity contribution is -0.136. The number of nitrogens with zero attached hydrogens (tertiary/aromatic N) is 4. The zero-order valence-electron chi connectivity index (χ0n) is 23.5. The van der Waals surface area contributed by atoms with Crippen molar-refractivity contribution in [3.8, 4) is 11.5 Å². The summed E-state index contributed by atoms with van der Waals surface area (Å²) in [4.78, 5) is 48.4. The topological polar surface area (TPSA) is 82.6 Å². The predicted octanol–water partition coefficient (Wildman–Crippen LogP) is 3.69. The second kappa shape index (κ2) is 11.0. The Bertz CT molecular complexity index is 1500. The fraction of sp³-hybridized carbons (Fsp3) is 0.364. The third kappa shape index (κ3) is 4.82. The van der Waals surface area contributed by atoms with Crippen molar-refractivity contribution >= 4 is 29.1 Å². The van der Waals surface area contributed by atoms with E-state index in [0.29, 0.717) is 42.3 Å². The van der Waals surface area contributed by atoms with E-state index in [1.807, 2.05) is 59.5 Å². The highest BCUT2D eigenvalue weighted by atomic mass is 16.6. The Kier molecular flexibility index (Phi) is 6.93. The molecule has 0 spiro atoms. The number of carbonyl (C=O) groups is 3. The first kappa shape index (κ1) is 26.4. The van der Waals surface area contributed by atoms with Gasteiger partial charge in [-0.1, -0.05) is 36.4 Å². The van der Waals surface area contributed by atoms with Gasteiger partial charge < -0.3 is 24.2 Å². The van der Waals surface area contributed by atoms with Crippen LogP contribution in [0.5, 0.6) is 11.5 Å². The Morgan fingerprint density at radius 1 is 0.786 bits per heavy atom. The largest absolute Gasteiger partial charge is 0.486 e. The van der Waals surface area contributed by atoms with Crippen molar-refractivity contribution in [1.82, 2.24) is 9.80 Å². The molecule has 7 rings (SSSR count). The maximum atomic E-state index is 13.7. The van der Waals surface area contributed by atoms with Crippen molar-refractivity contribution in [3.63, 3.8) is 0 Å². The highest BCUT2D eigenvalue weighted by molar-refractivity contribution is 6.23. The standard InChI is InChI=1S/C33H34N4O5/c38-31(35-18-16-34(17-19-35)24-9-2-1-3-10-24)23-8-7-15-36(20-23)27-12-6-11-26-30(27)33(40)37(32(26)39)21-25-22-41-28-13-4-5-14-29(28)42-25/h1-6,9-14,23,25H,7-8,15-22H2. The van der Waals surface area contributed by atoms with Gasteiger partial charge in [0.2, 0.25) is 5.91 Å². The summed E-state index contributed by atoms with van der Waals surface area (Å²) in [5, 5.41) is 0. The van der Waals surface area contributed by atoms with Gasteiger partial charge in [-0.05, 0) is 49.2 Å². The summed E-state index contributed by atoms with van der Waals surface area (Å²) in [5.74, 6) is 0.661. The Balaban J connectivity index is 1.03. The number of fused-ring (bicyclic) bond motifs is 2. The number of piperazine rings is 1. The van der Waals surface area contributed by atoms with Gasteiger partial charge in [0.15, 0.2) is 17.6 Å². The maximum Gasteiger partial charge on any atom is 0.263 e. The summed E-state index contributed by atoms with van der Waals surface area (Å²) in [7, 11) is 0. The van der Waals surface area contributed by atoms with Crippen LogP contribution in [0.1, 0.15) is 33.6 Å². The summed E-state index contributed by atoms with van der Waals surface area (Å²) in [6.07, 6.45) is 1.22. The predicted molar refractivity (Wildman–Crippen MR) is 158 cm³/mol. The normalized spacial score (nSPS) is 21.9. The summed E-state index contributed by atoms with van der Waals surface area (Å²) in [6.45, 7) is 4.65. The molecule has 0 N–H and O–H groups in total. The van der Waals surface area contributed by atoms with Gasteiger partial charge in [0.1, 0.15) is 6.61 Å². The van der Waals surface area contributed by atoms with Crippen molar-refractivity contribution in [1.29, 1.82) is 0 Å². The van der Waals surface area contributed by atoms with E-state index in [1.165, 1.54) is 10.6 Å². The van der Waals surface area contributed by atoms with Crippen LogP contribution < -0.4 is 19.3 Å². The SMILES string of the molecule is O=C(C1CCCN(c2cccc3c2C(=O)N(CC2COc4ccccc4O2)C3=O)C1)N1CCN(c2ccccc2)CC1. The van der Waals surface area contributed by atoms with Crippen LogP contribution in [0.3, 0.4) is 0 Å². The number of carbonyl (C=O) groups excluding carboxylic acids is 3. The summed E-state index contributed by atoms with van der Waals surface area (Å²) >= 11 is 0. The Labute approximate surface area is 245 Å². The Morgan fingerprint density at radius 2 is 1.55 bits per heavy atom. The molecule has 2 unspecified atom stereocenters. The Morgan fingerprint density at radius 3 is 2.36 bits per heavy atom. The van der Waals surface area contributed by atoms with E-state index in [1.54, 1.807) is 6.07 Å². The molecule has 4 aliphatic rings. The van der Waals surface area contributed by atoms with Gasteiger partial charge in [0, 0.05) is 45.0 Å². The third-order valence-electron chi connectivity index (χ3n) is 8.75. The molecule has 0 aliphatic carbocycles. The van der Waals surface area contributed by atoms with E-state index >= 15 is 0 Å². The molecule has 4 aliphatic heterocycles. The van der Waals surface area contributed by atoms with Crippen LogP contribution in [0, 0.1) is 5.92 Å². The van der Waals surface area contributed by atoms with Crippen LogP contribution in [-0.4, -0.2) is 86.0 Å². The zero-order chi connectivity index (χ0) is 28.6. The smallest absolute Gasteiger partial charge is 0.263 e. The molecule has 0 radical (unpaired) electrons. The molecule has 42 heavy (non-hydrogen) atoms. The lowest BCUT2D eigenvalue weighted by Crippen LogP contribution is -2.52. The number of hydrogen-bond acceptors (Lipinski definition) is 7. The molecule has 216 valence electrons. The summed E-state index contributed by atoms with van der Waals surface area (Å²) in [5.41, 5.74) is 2.74. The number of anilines is 2. The second-order valence-electron chi connectivity index (χ2n) is 11.4. The highest BCUT2D eigenvalue weighted by Gasteiger charge is 2.41. The number of piperidine rings is 1. The monoisotopic (exact) mass is 566 g/mol. The number of para-hydroxylation sites is 3. The van der Waals surface area contributed by atoms with E-state index < -0.39 is 6.10 Å². The van der Waals surface area contributed by atoms with Crippen molar-refractivity contribution in [3.05, 3.63) is 83.9 Å². The molecule has 9 heteroatoms. The van der Waals surface area contributed by atoms with Gasteiger partial charge in [-0.2, -0.15) is 0 Å². The van der Waals surface area contributed by atoms with Gasteiger partial charge in [-0.15, -0.1) is 0 Å². The molecule has 0 bridgehead atoms. The molecular formula is C33H34N4O5. The molecular weight excluding hydrogens is 532 g/mol. The molecule has 4 heterocycles. The molecule has 3 amide bonds. The lowest BCUT2D eigenvalue weighted by atomic mass is 9.94. The van der Waals surface area contributed by atoms with Crippen LogP contribution >= 0.6 is 0 Å². The van der Waals surface area contributed by atoms with Gasteiger partial charge >= 0.3 is 0 Å². The van der Waals surface area contributed by atoms with E-state index in [9.17, 15) is 14.4 Å². The molecule has 3 aromatic rings. The first-order chi connectivity index (χ1) is 20.6. The number of imide groups is 1. The van der Waals surface area contributed by atoms with E-state index in [-0.39, 0.29) is 36.8 Å². The van der Waals surface area contributed by atoms with Crippen LogP contribution in [0.2, 0.25) is 0 Å². The zero-order valence-corrected chi connectivity index (χ0v) is 23.5. The molecule has 3 aromatic carbocycles. The quantitative estimate of drug-likeness (QED) is 0.436. The maximum absolute atomic E-state index is 13.7. The molecule has 2 saturated heterocycles. The molecule has 2 atom stereocenters. The van der Waals surface area contributed by atoms with E-state index in [2.05, 4.69) is 21.9 Å². The fourth-order valence-corrected chi connectivity index (χ4v) is 6.58. The van der Waals surface area contributed by atoms with Gasteiger partial charge in [0.05, 0.1) is 29.3 Å². The van der Waals surface area contributed by atoms with Gasteiger partial charge in [0.25, 0.3) is 11.8 Å². The average molecular weight is 567 g/mol. The second-order valence-corrected chi connectivity index (χ2v) is 11.4. The number of rotatable bonds is 5. The number of benzene rings is 3. The van der Waals surface area contributed by atoms with E-state index in [4.69, 9.17) is 9.47 Å². The number of amides is 3. The van der Waals surface area contributed by atoms with Gasteiger partial charge in [-0.3, -0.25) is 19.3 Å². The minimum absolute atomic E-state index is 0.107. The van der Waals surface area contributed by atoms with Gasteiger partial charge in [-0.25, -0.2) is 0 Å². The number of ether oxygens (including phenoxy) is 2. The lowest BCUT2D eigenvalue weighted by Gasteiger charge is -2.40. The highest BCUT2D eigenvalue weighted by Crippen LogP contribution is 2.36. The molecule has 2 fully saturated rings. The summed E-state index contributed by atoms with van der Waals surface area (Å²) < 4.78 is 11.8. The minimum atomic E-state index is -0.454. The van der Waals surface area contributed by atoms with Crippen molar-refractivity contribution < 1.29 is 23.9 Å². The van der Waals surface area contributed by atoms with Crippen LogP contribution in [0.15, 0.2) is 72.8 Å². The van der Waals surface area contributed by atoms with Crippen LogP contribution in [0.4, 0.5) is 11.4 Å². The number of hydrogen-bond donors (Lipinski definition) is 0. The van der Waals surface area contributed by atoms with Crippen molar-refractivity contribution in [2.75, 3.05) is 62.2 Å². The minimum Gasteiger partial charge on any atom is -0.486 e.